The highest BCUT2D eigenvalue weighted by Crippen LogP contribution is 2.07. The van der Waals surface area contributed by atoms with Crippen LogP contribution in [0, 0.1) is 13.8 Å². The third kappa shape index (κ3) is 3.64. The summed E-state index contributed by atoms with van der Waals surface area (Å²) in [5.41, 5.74) is 6.57. The smallest absolute Gasteiger partial charge is 0.0671 e. The van der Waals surface area contributed by atoms with Crippen LogP contribution in [0.5, 0.6) is 0 Å². The summed E-state index contributed by atoms with van der Waals surface area (Å²) < 4.78 is 0. The van der Waals surface area contributed by atoms with Crippen molar-refractivity contribution in [2.24, 2.45) is 10.2 Å². The molecule has 0 saturated heterocycles. The van der Waals surface area contributed by atoms with Gasteiger partial charge in [-0.25, -0.2) is 0 Å². The highest BCUT2D eigenvalue weighted by Gasteiger charge is 1.98. The van der Waals surface area contributed by atoms with Crippen molar-refractivity contribution in [2.75, 3.05) is 0 Å². The molecule has 2 nitrogen and oxygen atoms in total. The van der Waals surface area contributed by atoms with Crippen molar-refractivity contribution in [3.05, 3.63) is 70.8 Å². The zero-order valence-corrected chi connectivity index (χ0v) is 12.5. The maximum atomic E-state index is 4.33. The molecule has 0 fully saturated rings. The Hall–Kier alpha value is -2.22. The molecule has 0 N–H and O–H groups in total. The molecular weight excluding hydrogens is 244 g/mol. The molecule has 0 radical (unpaired) electrons. The van der Waals surface area contributed by atoms with E-state index in [0.717, 1.165) is 22.6 Å². The van der Waals surface area contributed by atoms with Crippen LogP contribution in [0.4, 0.5) is 0 Å². The molecule has 102 valence electrons. The lowest BCUT2D eigenvalue weighted by Gasteiger charge is -2.01. The second-order valence-corrected chi connectivity index (χ2v) is 5.10. The quantitative estimate of drug-likeness (QED) is 0.574. The lowest BCUT2D eigenvalue weighted by atomic mass is 10.1. The lowest BCUT2D eigenvalue weighted by Crippen LogP contribution is -1.97. The van der Waals surface area contributed by atoms with E-state index in [9.17, 15) is 0 Å². The molecule has 0 bridgehead atoms. The molecule has 0 aliphatic rings. The summed E-state index contributed by atoms with van der Waals surface area (Å²) in [4.78, 5) is 0. The van der Waals surface area contributed by atoms with Crippen LogP contribution in [0.15, 0.2) is 58.7 Å². The minimum absolute atomic E-state index is 0.927. The van der Waals surface area contributed by atoms with Crippen LogP contribution in [-0.4, -0.2) is 11.4 Å². The third-order valence-corrected chi connectivity index (χ3v) is 3.29. The summed E-state index contributed by atoms with van der Waals surface area (Å²) in [5.74, 6) is 0. The Morgan fingerprint density at radius 1 is 0.600 bits per heavy atom. The van der Waals surface area contributed by atoms with Crippen LogP contribution >= 0.6 is 0 Å². The molecule has 20 heavy (non-hydrogen) atoms. The van der Waals surface area contributed by atoms with Crippen LogP contribution in [0.3, 0.4) is 0 Å². The fourth-order valence-electron chi connectivity index (χ4n) is 1.85. The van der Waals surface area contributed by atoms with E-state index in [1.807, 2.05) is 13.8 Å². The first-order valence-corrected chi connectivity index (χ1v) is 6.79. The molecule has 2 rings (SSSR count). The SMILES string of the molecule is CC(=NN=C(C)c1ccc(C)cc1)c1ccc(C)cc1. The highest BCUT2D eigenvalue weighted by atomic mass is 15.2. The van der Waals surface area contributed by atoms with Crippen LogP contribution in [0.25, 0.3) is 0 Å². The van der Waals surface area contributed by atoms with E-state index in [-0.39, 0.29) is 0 Å². The molecule has 0 aliphatic carbocycles. The Morgan fingerprint density at radius 2 is 0.900 bits per heavy atom. The molecule has 0 heterocycles. The summed E-state index contributed by atoms with van der Waals surface area (Å²) in [7, 11) is 0. The molecule has 0 unspecified atom stereocenters. The molecular formula is C18H20N2. The molecule has 0 amide bonds. The topological polar surface area (TPSA) is 24.7 Å². The van der Waals surface area contributed by atoms with E-state index in [1.165, 1.54) is 11.1 Å². The Bertz CT molecular complexity index is 573. The minimum atomic E-state index is 0.927. The zero-order chi connectivity index (χ0) is 14.5. The summed E-state index contributed by atoms with van der Waals surface area (Å²) in [6.45, 7) is 8.12. The monoisotopic (exact) mass is 264 g/mol. The van der Waals surface area contributed by atoms with Crippen molar-refractivity contribution in [1.29, 1.82) is 0 Å². The second kappa shape index (κ2) is 6.29. The molecule has 0 saturated carbocycles. The molecule has 2 aromatic carbocycles. The lowest BCUT2D eigenvalue weighted by molar-refractivity contribution is 1.21. The van der Waals surface area contributed by atoms with Gasteiger partial charge in [-0.15, -0.1) is 0 Å². The predicted molar refractivity (Wildman–Crippen MR) is 86.8 cm³/mol. The highest BCUT2D eigenvalue weighted by molar-refractivity contribution is 6.01. The zero-order valence-electron chi connectivity index (χ0n) is 12.5. The van der Waals surface area contributed by atoms with Gasteiger partial charge in [0.1, 0.15) is 0 Å². The van der Waals surface area contributed by atoms with Crippen molar-refractivity contribution < 1.29 is 0 Å². The van der Waals surface area contributed by atoms with Gasteiger partial charge in [-0.3, -0.25) is 0 Å². The number of rotatable bonds is 3. The summed E-state index contributed by atoms with van der Waals surface area (Å²) in [5, 5.41) is 8.65. The normalized spacial score (nSPS) is 12.6. The Labute approximate surface area is 120 Å². The average molecular weight is 264 g/mol. The van der Waals surface area contributed by atoms with Gasteiger partial charge in [-0.1, -0.05) is 59.7 Å². The van der Waals surface area contributed by atoms with Gasteiger partial charge in [0.05, 0.1) is 11.4 Å². The van der Waals surface area contributed by atoms with E-state index in [0.29, 0.717) is 0 Å². The van der Waals surface area contributed by atoms with E-state index in [2.05, 4.69) is 72.6 Å². The number of hydrogen-bond acceptors (Lipinski definition) is 2. The van der Waals surface area contributed by atoms with Gasteiger partial charge in [0.25, 0.3) is 0 Å². The van der Waals surface area contributed by atoms with Crippen molar-refractivity contribution in [3.63, 3.8) is 0 Å². The van der Waals surface area contributed by atoms with Gasteiger partial charge >= 0.3 is 0 Å². The van der Waals surface area contributed by atoms with Crippen LogP contribution in [0.2, 0.25) is 0 Å². The van der Waals surface area contributed by atoms with Crippen LogP contribution in [0.1, 0.15) is 36.1 Å². The van der Waals surface area contributed by atoms with Gasteiger partial charge in [0.2, 0.25) is 0 Å². The summed E-state index contributed by atoms with van der Waals surface area (Å²) >= 11 is 0. The molecule has 2 aromatic rings. The molecule has 0 atom stereocenters. The van der Waals surface area contributed by atoms with E-state index in [1.54, 1.807) is 0 Å². The van der Waals surface area contributed by atoms with Crippen LogP contribution in [-0.2, 0) is 0 Å². The first kappa shape index (κ1) is 14.2. The predicted octanol–water partition coefficient (Wildman–Crippen LogP) is 4.54. The molecule has 0 spiro atoms. The third-order valence-electron chi connectivity index (χ3n) is 3.29. The van der Waals surface area contributed by atoms with E-state index < -0.39 is 0 Å². The van der Waals surface area contributed by atoms with Crippen molar-refractivity contribution in [3.8, 4) is 0 Å². The summed E-state index contributed by atoms with van der Waals surface area (Å²) in [6.07, 6.45) is 0. The van der Waals surface area contributed by atoms with Gasteiger partial charge < -0.3 is 0 Å². The molecule has 0 aromatic heterocycles. The number of hydrogen-bond donors (Lipinski definition) is 0. The average Bonchev–Trinajstić information content (AvgIpc) is 2.46. The maximum absolute atomic E-state index is 4.33. The number of nitrogens with zero attached hydrogens (tertiary/aromatic N) is 2. The first-order valence-electron chi connectivity index (χ1n) is 6.79. The fraction of sp³-hybridized carbons (Fsp3) is 0.222. The Kier molecular flexibility index (Phi) is 4.46. The first-order chi connectivity index (χ1) is 9.56. The Balaban J connectivity index is 2.19. The van der Waals surface area contributed by atoms with Gasteiger partial charge in [-0.05, 0) is 38.8 Å². The second-order valence-electron chi connectivity index (χ2n) is 5.10. The fourth-order valence-corrected chi connectivity index (χ4v) is 1.85. The largest absolute Gasteiger partial charge is 0.155 e. The summed E-state index contributed by atoms with van der Waals surface area (Å²) in [6, 6.07) is 16.6. The number of benzene rings is 2. The van der Waals surface area contributed by atoms with E-state index >= 15 is 0 Å². The van der Waals surface area contributed by atoms with Gasteiger partial charge in [0, 0.05) is 0 Å². The molecule has 2 heteroatoms. The Morgan fingerprint density at radius 3 is 1.20 bits per heavy atom. The van der Waals surface area contributed by atoms with Crippen molar-refractivity contribution in [1.82, 2.24) is 0 Å². The minimum Gasteiger partial charge on any atom is -0.155 e. The van der Waals surface area contributed by atoms with E-state index in [4.69, 9.17) is 0 Å². The van der Waals surface area contributed by atoms with Crippen molar-refractivity contribution >= 4 is 11.4 Å². The standard InChI is InChI=1S/C18H20N2/c1-13-5-9-17(10-6-13)15(3)19-20-16(4)18-11-7-14(2)8-12-18/h5-12H,1-4H3. The maximum Gasteiger partial charge on any atom is 0.0671 e. The van der Waals surface area contributed by atoms with Crippen molar-refractivity contribution in [2.45, 2.75) is 27.7 Å². The van der Waals surface area contributed by atoms with Gasteiger partial charge in [0.15, 0.2) is 0 Å². The van der Waals surface area contributed by atoms with Crippen LogP contribution < -0.4 is 0 Å². The molecule has 0 aliphatic heterocycles. The number of aryl methyl sites for hydroxylation is 2. The van der Waals surface area contributed by atoms with Gasteiger partial charge in [-0.2, -0.15) is 10.2 Å².